The fourth-order valence-corrected chi connectivity index (χ4v) is 5.85. The van der Waals surface area contributed by atoms with E-state index >= 15 is 0 Å². The van der Waals surface area contributed by atoms with Gasteiger partial charge in [0.25, 0.3) is 0 Å². The van der Waals surface area contributed by atoms with Crippen molar-refractivity contribution in [3.05, 3.63) is 53.1 Å². The number of piperidine rings is 1. The molecule has 2 aromatic rings. The zero-order chi connectivity index (χ0) is 17.7. The van der Waals surface area contributed by atoms with Crippen LogP contribution in [0.5, 0.6) is 0 Å². The van der Waals surface area contributed by atoms with Gasteiger partial charge in [-0.3, -0.25) is 0 Å². The first-order chi connectivity index (χ1) is 12.7. The highest BCUT2D eigenvalue weighted by atomic mass is 35.5. The van der Waals surface area contributed by atoms with Gasteiger partial charge in [-0.2, -0.15) is 0 Å². The predicted molar refractivity (Wildman–Crippen MR) is 113 cm³/mol. The van der Waals surface area contributed by atoms with E-state index in [4.69, 9.17) is 23.8 Å². The van der Waals surface area contributed by atoms with Crippen molar-refractivity contribution in [1.82, 2.24) is 4.90 Å². The lowest BCUT2D eigenvalue weighted by atomic mass is 9.78. The SMILES string of the molecule is S=C1Nc2ccc(-c3ccccc3Cl)cc2C1C1CCN2CCCC2C1. The predicted octanol–water partition coefficient (Wildman–Crippen LogP) is 5.72. The molecule has 0 amide bonds. The number of halogens is 1. The van der Waals surface area contributed by atoms with Crippen LogP contribution in [0.4, 0.5) is 5.69 Å². The lowest BCUT2D eigenvalue weighted by Crippen LogP contribution is -2.40. The second-order valence-electron chi connectivity index (χ2n) is 7.87. The molecular weight excluding hydrogens is 360 g/mol. The highest BCUT2D eigenvalue weighted by Crippen LogP contribution is 2.46. The molecule has 0 bridgehead atoms. The molecule has 2 nitrogen and oxygen atoms in total. The maximum absolute atomic E-state index is 6.44. The van der Waals surface area contributed by atoms with Gasteiger partial charge in [0.1, 0.15) is 0 Å². The highest BCUT2D eigenvalue weighted by Gasteiger charge is 2.40. The van der Waals surface area contributed by atoms with Crippen LogP contribution < -0.4 is 5.32 Å². The monoisotopic (exact) mass is 382 g/mol. The standard InChI is InChI=1S/C22H23ClN2S/c23-19-6-2-1-5-17(19)14-7-8-20-18(13-14)21(22(26)24-20)15-9-11-25-10-3-4-16(25)12-15/h1-2,5-8,13,15-16,21H,3-4,9-12H2,(H,24,26). The Morgan fingerprint density at radius 3 is 2.85 bits per heavy atom. The Labute approximate surface area is 165 Å². The first kappa shape index (κ1) is 16.7. The van der Waals surface area contributed by atoms with Gasteiger partial charge in [-0.25, -0.2) is 0 Å². The minimum atomic E-state index is 0.352. The average Bonchev–Trinajstić information content (AvgIpc) is 3.24. The van der Waals surface area contributed by atoms with Gasteiger partial charge >= 0.3 is 0 Å². The molecule has 0 aliphatic carbocycles. The fourth-order valence-electron chi connectivity index (χ4n) is 5.17. The Bertz CT molecular complexity index is 865. The van der Waals surface area contributed by atoms with Crippen LogP contribution >= 0.6 is 23.8 Å². The summed E-state index contributed by atoms with van der Waals surface area (Å²) in [5.74, 6) is 1.00. The molecule has 0 saturated carbocycles. The van der Waals surface area contributed by atoms with Gasteiger partial charge < -0.3 is 10.2 Å². The summed E-state index contributed by atoms with van der Waals surface area (Å²) in [5, 5.41) is 4.29. The molecule has 0 aromatic heterocycles. The summed E-state index contributed by atoms with van der Waals surface area (Å²) in [4.78, 5) is 3.69. The number of nitrogens with one attached hydrogen (secondary N) is 1. The van der Waals surface area contributed by atoms with Crippen LogP contribution in [0, 0.1) is 5.92 Å². The summed E-state index contributed by atoms with van der Waals surface area (Å²) >= 11 is 12.2. The molecule has 4 heteroatoms. The number of hydrogen-bond acceptors (Lipinski definition) is 2. The van der Waals surface area contributed by atoms with Gasteiger partial charge in [0, 0.05) is 28.2 Å². The van der Waals surface area contributed by atoms with Crippen LogP contribution in [0.2, 0.25) is 5.02 Å². The van der Waals surface area contributed by atoms with Gasteiger partial charge in [0.2, 0.25) is 0 Å². The van der Waals surface area contributed by atoms with E-state index in [1.54, 1.807) is 0 Å². The average molecular weight is 383 g/mol. The summed E-state index contributed by atoms with van der Waals surface area (Å²) in [5.41, 5.74) is 4.83. The van der Waals surface area contributed by atoms with Gasteiger partial charge in [-0.15, -0.1) is 0 Å². The van der Waals surface area contributed by atoms with E-state index in [9.17, 15) is 0 Å². The van der Waals surface area contributed by atoms with Crippen LogP contribution in [0.3, 0.4) is 0 Å². The smallest absolute Gasteiger partial charge is 0.0876 e. The molecule has 2 saturated heterocycles. The third-order valence-corrected chi connectivity index (χ3v) is 7.13. The molecular formula is C22H23ClN2S. The molecule has 26 heavy (non-hydrogen) atoms. The molecule has 3 atom stereocenters. The van der Waals surface area contributed by atoms with Crippen molar-refractivity contribution in [3.8, 4) is 11.1 Å². The van der Waals surface area contributed by atoms with Crippen LogP contribution in [0.15, 0.2) is 42.5 Å². The first-order valence-corrected chi connectivity index (χ1v) is 10.4. The van der Waals surface area contributed by atoms with E-state index in [2.05, 4.69) is 34.5 Å². The second kappa shape index (κ2) is 6.63. The van der Waals surface area contributed by atoms with Crippen molar-refractivity contribution in [1.29, 1.82) is 0 Å². The number of nitrogens with zero attached hydrogens (tertiary/aromatic N) is 1. The molecule has 0 spiro atoms. The van der Waals surface area contributed by atoms with Gasteiger partial charge in [-0.05, 0) is 74.0 Å². The molecule has 5 rings (SSSR count). The number of fused-ring (bicyclic) bond motifs is 2. The van der Waals surface area contributed by atoms with E-state index in [1.807, 2.05) is 18.2 Å². The first-order valence-electron chi connectivity index (χ1n) is 9.64. The second-order valence-corrected chi connectivity index (χ2v) is 8.71. The molecule has 3 heterocycles. The van der Waals surface area contributed by atoms with E-state index in [0.29, 0.717) is 11.8 Å². The van der Waals surface area contributed by atoms with Crippen molar-refractivity contribution < 1.29 is 0 Å². The van der Waals surface area contributed by atoms with Crippen molar-refractivity contribution in [2.45, 2.75) is 37.6 Å². The lowest BCUT2D eigenvalue weighted by molar-refractivity contribution is 0.149. The minimum absolute atomic E-state index is 0.352. The molecule has 2 fully saturated rings. The number of thiocarbonyl (C=S) groups is 1. The van der Waals surface area contributed by atoms with Gasteiger partial charge in [0.05, 0.1) is 4.99 Å². The number of anilines is 1. The number of benzene rings is 2. The zero-order valence-corrected chi connectivity index (χ0v) is 16.3. The number of hydrogen-bond donors (Lipinski definition) is 1. The molecule has 0 radical (unpaired) electrons. The summed E-state index contributed by atoms with van der Waals surface area (Å²) in [6, 6.07) is 15.5. The molecule has 3 aliphatic rings. The Morgan fingerprint density at radius 2 is 1.96 bits per heavy atom. The van der Waals surface area contributed by atoms with Crippen LogP contribution in [-0.4, -0.2) is 29.0 Å². The van der Waals surface area contributed by atoms with E-state index < -0.39 is 0 Å². The van der Waals surface area contributed by atoms with E-state index in [0.717, 1.165) is 21.6 Å². The fraction of sp³-hybridized carbons (Fsp3) is 0.409. The van der Waals surface area contributed by atoms with Crippen molar-refractivity contribution >= 4 is 34.5 Å². The van der Waals surface area contributed by atoms with Gasteiger partial charge in [-0.1, -0.05) is 48.1 Å². The summed E-state index contributed by atoms with van der Waals surface area (Å²) < 4.78 is 0. The third-order valence-electron chi connectivity index (χ3n) is 6.44. The molecule has 1 N–H and O–H groups in total. The van der Waals surface area contributed by atoms with Crippen LogP contribution in [-0.2, 0) is 0 Å². The summed E-state index contributed by atoms with van der Waals surface area (Å²) in [7, 11) is 0. The molecule has 2 aromatic carbocycles. The maximum atomic E-state index is 6.44. The van der Waals surface area contributed by atoms with E-state index in [-0.39, 0.29) is 0 Å². The largest absolute Gasteiger partial charge is 0.349 e. The van der Waals surface area contributed by atoms with Crippen molar-refractivity contribution in [2.24, 2.45) is 5.92 Å². The maximum Gasteiger partial charge on any atom is 0.0876 e. The normalized spacial score (nSPS) is 27.9. The number of rotatable bonds is 2. The Kier molecular flexibility index (Phi) is 4.27. The molecule has 134 valence electrons. The van der Waals surface area contributed by atoms with Gasteiger partial charge in [0.15, 0.2) is 0 Å². The summed E-state index contributed by atoms with van der Waals surface area (Å²) in [6.45, 7) is 2.52. The topological polar surface area (TPSA) is 15.3 Å². The lowest BCUT2D eigenvalue weighted by Gasteiger charge is -2.37. The van der Waals surface area contributed by atoms with Crippen molar-refractivity contribution in [3.63, 3.8) is 0 Å². The Hall–Kier alpha value is -1.42. The Morgan fingerprint density at radius 1 is 1.08 bits per heavy atom. The van der Waals surface area contributed by atoms with Crippen LogP contribution in [0.1, 0.15) is 37.2 Å². The Balaban J connectivity index is 1.49. The van der Waals surface area contributed by atoms with Crippen LogP contribution in [0.25, 0.3) is 11.1 Å². The minimum Gasteiger partial charge on any atom is -0.349 e. The summed E-state index contributed by atoms with van der Waals surface area (Å²) in [6.07, 6.45) is 5.24. The zero-order valence-electron chi connectivity index (χ0n) is 14.7. The van der Waals surface area contributed by atoms with E-state index in [1.165, 1.54) is 55.6 Å². The molecule has 3 unspecified atom stereocenters. The van der Waals surface area contributed by atoms with Crippen molar-refractivity contribution in [2.75, 3.05) is 18.4 Å². The highest BCUT2D eigenvalue weighted by molar-refractivity contribution is 7.80. The molecule has 3 aliphatic heterocycles. The quantitative estimate of drug-likeness (QED) is 0.669. The third kappa shape index (κ3) is 2.77.